The largest absolute Gasteiger partial charge is 0.491 e. The van der Waals surface area contributed by atoms with Gasteiger partial charge in [-0.3, -0.25) is 0 Å². The molecule has 0 aliphatic heterocycles. The van der Waals surface area contributed by atoms with Gasteiger partial charge in [0.15, 0.2) is 4.47 Å². The Hall–Kier alpha value is -1.79. The molecule has 0 atom stereocenters. The number of thiazole rings is 1. The maximum atomic E-state index is 11.1. The first-order valence-electron chi connectivity index (χ1n) is 6.80. The van der Waals surface area contributed by atoms with Crippen LogP contribution in [0.3, 0.4) is 0 Å². The second-order valence-electron chi connectivity index (χ2n) is 5.15. The third kappa shape index (κ3) is 4.61. The minimum Gasteiger partial charge on any atom is -0.491 e. The molecule has 1 heterocycles. The molecule has 0 unspecified atom stereocenters. The van der Waals surface area contributed by atoms with Gasteiger partial charge in [-0.25, -0.2) is 9.78 Å². The first-order valence-corrected chi connectivity index (χ1v) is 7.99. The highest BCUT2D eigenvalue weighted by Crippen LogP contribution is 2.28. The number of hydrogen-bond donors (Lipinski definition) is 2. The summed E-state index contributed by atoms with van der Waals surface area (Å²) in [5, 5.41) is 12.3. The Bertz CT molecular complexity index is 658. The lowest BCUT2D eigenvalue weighted by atomic mass is 10.2. The number of carboxylic acid groups (broad SMARTS) is 1. The van der Waals surface area contributed by atoms with E-state index in [0.717, 1.165) is 4.88 Å². The number of anilines is 1. The van der Waals surface area contributed by atoms with E-state index in [2.05, 4.69) is 24.1 Å². The molecule has 2 aromatic rings. The number of carboxylic acids is 1. The van der Waals surface area contributed by atoms with Crippen LogP contribution >= 0.6 is 22.9 Å². The van der Waals surface area contributed by atoms with E-state index < -0.39 is 5.97 Å². The van der Waals surface area contributed by atoms with Crippen molar-refractivity contribution in [3.8, 4) is 5.75 Å². The van der Waals surface area contributed by atoms with Crippen molar-refractivity contribution in [1.29, 1.82) is 0 Å². The summed E-state index contributed by atoms with van der Waals surface area (Å²) in [6.45, 7) is 5.18. The first kappa shape index (κ1) is 16.6. The van der Waals surface area contributed by atoms with Gasteiger partial charge in [0, 0.05) is 11.1 Å². The number of carbonyl (C=O) groups is 1. The van der Waals surface area contributed by atoms with Crippen molar-refractivity contribution in [2.45, 2.75) is 20.4 Å². The highest BCUT2D eigenvalue weighted by Gasteiger charge is 2.11. The Kier molecular flexibility index (Phi) is 5.63. The van der Waals surface area contributed by atoms with E-state index in [1.807, 2.05) is 0 Å². The number of halogens is 1. The summed E-state index contributed by atoms with van der Waals surface area (Å²) in [5.41, 5.74) is 0.854. The standard InChI is InChI=1S/C15H17ClN2O3S/c1-9(2)8-21-13-4-3-10(14(19)20)5-12(13)17-6-11-7-18-15(16)22-11/h3-5,7,9,17H,6,8H2,1-2H3,(H,19,20). The Balaban J connectivity index is 2.16. The summed E-state index contributed by atoms with van der Waals surface area (Å²) in [7, 11) is 0. The average Bonchev–Trinajstić information content (AvgIpc) is 2.88. The zero-order chi connectivity index (χ0) is 16.1. The van der Waals surface area contributed by atoms with Gasteiger partial charge in [-0.05, 0) is 24.1 Å². The highest BCUT2D eigenvalue weighted by atomic mass is 35.5. The molecule has 0 saturated heterocycles. The molecule has 7 heteroatoms. The molecule has 1 aromatic carbocycles. The van der Waals surface area contributed by atoms with Gasteiger partial charge >= 0.3 is 5.97 Å². The van der Waals surface area contributed by atoms with Gasteiger partial charge in [-0.15, -0.1) is 11.3 Å². The van der Waals surface area contributed by atoms with Crippen molar-refractivity contribution >= 4 is 34.6 Å². The van der Waals surface area contributed by atoms with Crippen LogP contribution in [0.5, 0.6) is 5.75 Å². The van der Waals surface area contributed by atoms with Crippen LogP contribution in [0.1, 0.15) is 29.1 Å². The zero-order valence-corrected chi connectivity index (χ0v) is 13.9. The van der Waals surface area contributed by atoms with Crippen LogP contribution in [0.15, 0.2) is 24.4 Å². The fourth-order valence-corrected chi connectivity index (χ4v) is 2.65. The van der Waals surface area contributed by atoms with Crippen LogP contribution in [0.4, 0.5) is 5.69 Å². The van der Waals surface area contributed by atoms with Crippen LogP contribution in [0.2, 0.25) is 4.47 Å². The van der Waals surface area contributed by atoms with Crippen LogP contribution in [-0.4, -0.2) is 22.7 Å². The number of nitrogens with zero attached hydrogens (tertiary/aromatic N) is 1. The average molecular weight is 341 g/mol. The van der Waals surface area contributed by atoms with Crippen molar-refractivity contribution in [2.75, 3.05) is 11.9 Å². The summed E-state index contributed by atoms with van der Waals surface area (Å²) >= 11 is 7.18. The van der Waals surface area contributed by atoms with E-state index in [9.17, 15) is 4.79 Å². The second-order valence-corrected chi connectivity index (χ2v) is 6.85. The van der Waals surface area contributed by atoms with Gasteiger partial charge in [0.05, 0.1) is 24.4 Å². The van der Waals surface area contributed by atoms with Crippen molar-refractivity contribution in [3.63, 3.8) is 0 Å². The summed E-state index contributed by atoms with van der Waals surface area (Å²) in [4.78, 5) is 16.0. The Morgan fingerprint density at radius 2 is 2.27 bits per heavy atom. The second kappa shape index (κ2) is 7.47. The van der Waals surface area contributed by atoms with Crippen molar-refractivity contribution < 1.29 is 14.6 Å². The van der Waals surface area contributed by atoms with Gasteiger partial charge in [0.25, 0.3) is 0 Å². The molecule has 0 saturated carbocycles. The molecule has 22 heavy (non-hydrogen) atoms. The lowest BCUT2D eigenvalue weighted by Gasteiger charge is -2.15. The molecular weight excluding hydrogens is 324 g/mol. The van der Waals surface area contributed by atoms with Crippen LogP contribution in [0.25, 0.3) is 0 Å². The quantitative estimate of drug-likeness (QED) is 0.792. The Morgan fingerprint density at radius 1 is 1.50 bits per heavy atom. The fraction of sp³-hybridized carbons (Fsp3) is 0.333. The van der Waals surface area contributed by atoms with Gasteiger partial charge < -0.3 is 15.2 Å². The Labute approximate surface area is 137 Å². The summed E-state index contributed by atoms with van der Waals surface area (Å²) in [5.74, 6) is 0.0425. The van der Waals surface area contributed by atoms with E-state index in [1.54, 1.807) is 18.3 Å². The molecule has 0 amide bonds. The third-order valence-corrected chi connectivity index (χ3v) is 3.89. The number of rotatable bonds is 7. The van der Waals surface area contributed by atoms with Crippen LogP contribution < -0.4 is 10.1 Å². The molecule has 118 valence electrons. The van der Waals surface area contributed by atoms with Gasteiger partial charge in [-0.2, -0.15) is 0 Å². The first-order chi connectivity index (χ1) is 10.5. The van der Waals surface area contributed by atoms with Gasteiger partial charge in [0.1, 0.15) is 5.75 Å². The molecule has 1 aromatic heterocycles. The molecule has 0 spiro atoms. The number of hydrogen-bond acceptors (Lipinski definition) is 5. The lowest BCUT2D eigenvalue weighted by molar-refractivity contribution is 0.0697. The third-order valence-electron chi connectivity index (χ3n) is 2.78. The molecule has 5 nitrogen and oxygen atoms in total. The summed E-state index contributed by atoms with van der Waals surface area (Å²) < 4.78 is 6.21. The van der Waals surface area contributed by atoms with Crippen molar-refractivity contribution in [2.24, 2.45) is 5.92 Å². The highest BCUT2D eigenvalue weighted by molar-refractivity contribution is 7.15. The molecule has 0 bridgehead atoms. The number of aromatic carboxylic acids is 1. The monoisotopic (exact) mass is 340 g/mol. The zero-order valence-electron chi connectivity index (χ0n) is 12.3. The number of nitrogens with one attached hydrogen (secondary N) is 1. The van der Waals surface area contributed by atoms with E-state index in [1.165, 1.54) is 17.4 Å². The predicted octanol–water partition coefficient (Wildman–Crippen LogP) is 4.14. The van der Waals surface area contributed by atoms with E-state index in [-0.39, 0.29) is 5.56 Å². The Morgan fingerprint density at radius 3 is 2.86 bits per heavy atom. The smallest absolute Gasteiger partial charge is 0.335 e. The summed E-state index contributed by atoms with van der Waals surface area (Å²) in [6, 6.07) is 4.78. The molecule has 0 aliphatic carbocycles. The molecule has 0 fully saturated rings. The topological polar surface area (TPSA) is 71.5 Å². The molecule has 2 rings (SSSR count). The SMILES string of the molecule is CC(C)COc1ccc(C(=O)O)cc1NCc1cnc(Cl)s1. The number of ether oxygens (including phenoxy) is 1. The van der Waals surface area contributed by atoms with E-state index in [4.69, 9.17) is 21.4 Å². The summed E-state index contributed by atoms with van der Waals surface area (Å²) in [6.07, 6.45) is 1.69. The van der Waals surface area contributed by atoms with Gasteiger partial charge in [0.2, 0.25) is 0 Å². The molecule has 0 aliphatic rings. The lowest BCUT2D eigenvalue weighted by Crippen LogP contribution is -2.08. The fourth-order valence-electron chi connectivity index (χ4n) is 1.73. The normalized spacial score (nSPS) is 10.7. The maximum absolute atomic E-state index is 11.1. The minimum atomic E-state index is -0.973. The maximum Gasteiger partial charge on any atom is 0.335 e. The van der Waals surface area contributed by atoms with Crippen molar-refractivity contribution in [3.05, 3.63) is 39.3 Å². The minimum absolute atomic E-state index is 0.210. The number of benzene rings is 1. The van der Waals surface area contributed by atoms with Crippen LogP contribution in [0, 0.1) is 5.92 Å². The number of aromatic nitrogens is 1. The van der Waals surface area contributed by atoms with Crippen LogP contribution in [-0.2, 0) is 6.54 Å². The van der Waals surface area contributed by atoms with E-state index in [0.29, 0.717) is 35.0 Å². The molecular formula is C15H17ClN2O3S. The van der Waals surface area contributed by atoms with Gasteiger partial charge in [-0.1, -0.05) is 25.4 Å². The predicted molar refractivity (Wildman–Crippen MR) is 88.2 cm³/mol. The van der Waals surface area contributed by atoms with Crippen molar-refractivity contribution in [1.82, 2.24) is 4.98 Å². The van der Waals surface area contributed by atoms with E-state index >= 15 is 0 Å². The molecule has 2 N–H and O–H groups in total. The molecule has 0 radical (unpaired) electrons.